The van der Waals surface area contributed by atoms with Crippen molar-refractivity contribution in [3.8, 4) is 0 Å². The Labute approximate surface area is 157 Å². The maximum absolute atomic E-state index is 12.4. The first kappa shape index (κ1) is 16.9. The average Bonchev–Trinajstić information content (AvgIpc) is 3.11. The molecule has 1 aliphatic rings. The van der Waals surface area contributed by atoms with E-state index in [1.165, 1.54) is 0 Å². The van der Waals surface area contributed by atoms with Gasteiger partial charge in [0.25, 0.3) is 0 Å². The van der Waals surface area contributed by atoms with E-state index in [9.17, 15) is 4.79 Å². The zero-order chi connectivity index (χ0) is 17.9. The van der Waals surface area contributed by atoms with Gasteiger partial charge in [-0.2, -0.15) is 0 Å². The molecule has 4 rings (SSSR count). The predicted octanol–water partition coefficient (Wildman–Crippen LogP) is 4.90. The minimum Gasteiger partial charge on any atom is -0.440 e. The van der Waals surface area contributed by atoms with Gasteiger partial charge in [0.2, 0.25) is 5.91 Å². The summed E-state index contributed by atoms with van der Waals surface area (Å²) in [7, 11) is 0. The molecule has 0 bridgehead atoms. The van der Waals surface area contributed by atoms with Crippen molar-refractivity contribution in [1.82, 2.24) is 9.88 Å². The van der Waals surface area contributed by atoms with Crippen molar-refractivity contribution in [1.29, 1.82) is 0 Å². The van der Waals surface area contributed by atoms with Crippen LogP contribution in [0.2, 0.25) is 5.02 Å². The van der Waals surface area contributed by atoms with E-state index in [4.69, 9.17) is 16.0 Å². The maximum atomic E-state index is 12.4. The smallest absolute Gasteiger partial charge is 0.246 e. The fraction of sp³-hybridized carbons (Fsp3) is 0.238. The number of nitrogens with zero attached hydrogens (tertiary/aromatic N) is 2. The molecule has 1 aliphatic heterocycles. The summed E-state index contributed by atoms with van der Waals surface area (Å²) >= 11 is 6.12. The summed E-state index contributed by atoms with van der Waals surface area (Å²) in [5.74, 6) is 1.06. The zero-order valence-electron chi connectivity index (χ0n) is 14.3. The largest absolute Gasteiger partial charge is 0.440 e. The van der Waals surface area contributed by atoms with Crippen LogP contribution in [0.25, 0.3) is 17.2 Å². The Morgan fingerprint density at radius 2 is 1.85 bits per heavy atom. The number of hydrogen-bond acceptors (Lipinski definition) is 3. The average molecular weight is 367 g/mol. The van der Waals surface area contributed by atoms with Crippen molar-refractivity contribution in [2.45, 2.75) is 18.8 Å². The van der Waals surface area contributed by atoms with E-state index in [0.717, 1.165) is 35.4 Å². The van der Waals surface area contributed by atoms with Crippen molar-refractivity contribution in [3.05, 3.63) is 71.1 Å². The van der Waals surface area contributed by atoms with Crippen LogP contribution in [0, 0.1) is 0 Å². The summed E-state index contributed by atoms with van der Waals surface area (Å²) in [5, 5.41) is 0.645. The number of oxazole rings is 1. The minimum atomic E-state index is 0.0148. The number of piperidine rings is 1. The molecule has 0 atom stereocenters. The van der Waals surface area contributed by atoms with Crippen LogP contribution in [-0.4, -0.2) is 28.9 Å². The highest BCUT2D eigenvalue weighted by atomic mass is 35.5. The highest BCUT2D eigenvalue weighted by Crippen LogP contribution is 2.30. The number of rotatable bonds is 3. The van der Waals surface area contributed by atoms with Gasteiger partial charge in [-0.05, 0) is 42.7 Å². The van der Waals surface area contributed by atoms with Gasteiger partial charge in [0.1, 0.15) is 5.52 Å². The van der Waals surface area contributed by atoms with Gasteiger partial charge < -0.3 is 9.32 Å². The lowest BCUT2D eigenvalue weighted by molar-refractivity contribution is -0.127. The number of amides is 1. The minimum absolute atomic E-state index is 0.0148. The number of carbonyl (C=O) groups excluding carboxylic acids is 1. The first-order valence-corrected chi connectivity index (χ1v) is 9.15. The molecule has 0 radical (unpaired) electrons. The van der Waals surface area contributed by atoms with Crippen molar-refractivity contribution < 1.29 is 9.21 Å². The van der Waals surface area contributed by atoms with Gasteiger partial charge in [-0.1, -0.05) is 41.9 Å². The van der Waals surface area contributed by atoms with E-state index in [1.807, 2.05) is 53.4 Å². The second-order valence-electron chi connectivity index (χ2n) is 6.47. The normalized spacial score (nSPS) is 15.8. The van der Waals surface area contributed by atoms with Gasteiger partial charge >= 0.3 is 0 Å². The number of carbonyl (C=O) groups is 1. The third kappa shape index (κ3) is 3.51. The monoisotopic (exact) mass is 366 g/mol. The molecule has 1 fully saturated rings. The SMILES string of the molecule is O=C(/C=C/c1ccccc1Cl)N1CCC(c2nc3ccccc3o2)CC1. The van der Waals surface area contributed by atoms with Crippen molar-refractivity contribution >= 4 is 34.7 Å². The van der Waals surface area contributed by atoms with Crippen LogP contribution in [0.15, 0.2) is 59.0 Å². The molecule has 0 saturated carbocycles. The van der Waals surface area contributed by atoms with Crippen molar-refractivity contribution in [3.63, 3.8) is 0 Å². The van der Waals surface area contributed by atoms with Crippen LogP contribution in [0.1, 0.15) is 30.2 Å². The van der Waals surface area contributed by atoms with E-state index >= 15 is 0 Å². The molecule has 4 nitrogen and oxygen atoms in total. The molecule has 2 heterocycles. The Hall–Kier alpha value is -2.59. The molecule has 1 aromatic heterocycles. The van der Waals surface area contributed by atoms with Gasteiger partial charge in [-0.25, -0.2) is 4.98 Å². The summed E-state index contributed by atoms with van der Waals surface area (Å²) in [6, 6.07) is 15.3. The molecule has 26 heavy (non-hydrogen) atoms. The highest BCUT2D eigenvalue weighted by molar-refractivity contribution is 6.32. The first-order valence-electron chi connectivity index (χ1n) is 8.78. The number of benzene rings is 2. The summed E-state index contributed by atoms with van der Waals surface area (Å²) in [6.07, 6.45) is 5.09. The van der Waals surface area contributed by atoms with E-state index < -0.39 is 0 Å². The number of para-hydroxylation sites is 2. The number of halogens is 1. The summed E-state index contributed by atoms with van der Waals surface area (Å²) in [6.45, 7) is 1.41. The van der Waals surface area contributed by atoms with E-state index in [-0.39, 0.29) is 11.8 Å². The van der Waals surface area contributed by atoms with Gasteiger partial charge in [0, 0.05) is 30.1 Å². The Morgan fingerprint density at radius 1 is 1.12 bits per heavy atom. The van der Waals surface area contributed by atoms with Crippen LogP contribution >= 0.6 is 11.6 Å². The molecule has 5 heteroatoms. The van der Waals surface area contributed by atoms with E-state index in [1.54, 1.807) is 12.2 Å². The molecule has 0 unspecified atom stereocenters. The standard InChI is InChI=1S/C21H19ClN2O2/c22-17-6-2-1-5-15(17)9-10-20(25)24-13-11-16(12-14-24)21-23-18-7-3-4-8-19(18)26-21/h1-10,16H,11-14H2/b10-9+. The Morgan fingerprint density at radius 3 is 2.62 bits per heavy atom. The Balaban J connectivity index is 1.38. The van der Waals surface area contributed by atoms with Crippen molar-refractivity contribution in [2.75, 3.05) is 13.1 Å². The van der Waals surface area contributed by atoms with Gasteiger partial charge in [-0.15, -0.1) is 0 Å². The molecule has 2 aromatic carbocycles. The molecule has 1 amide bonds. The molecule has 0 N–H and O–H groups in total. The second kappa shape index (κ2) is 7.34. The van der Waals surface area contributed by atoms with E-state index in [0.29, 0.717) is 18.1 Å². The van der Waals surface area contributed by atoms with Crippen LogP contribution in [0.4, 0.5) is 0 Å². The van der Waals surface area contributed by atoms with Crippen LogP contribution in [-0.2, 0) is 4.79 Å². The Bertz CT molecular complexity index is 922. The summed E-state index contributed by atoms with van der Waals surface area (Å²) in [5.41, 5.74) is 2.57. The molecule has 0 spiro atoms. The quantitative estimate of drug-likeness (QED) is 0.619. The Kier molecular flexibility index (Phi) is 4.76. The van der Waals surface area contributed by atoms with Crippen LogP contribution < -0.4 is 0 Å². The third-order valence-electron chi connectivity index (χ3n) is 4.78. The molecular formula is C21H19ClN2O2. The zero-order valence-corrected chi connectivity index (χ0v) is 15.0. The molecular weight excluding hydrogens is 348 g/mol. The number of hydrogen-bond donors (Lipinski definition) is 0. The predicted molar refractivity (Wildman–Crippen MR) is 103 cm³/mol. The second-order valence-corrected chi connectivity index (χ2v) is 6.88. The fourth-order valence-corrected chi connectivity index (χ4v) is 3.49. The first-order chi connectivity index (χ1) is 12.7. The van der Waals surface area contributed by atoms with Gasteiger partial charge in [0.15, 0.2) is 11.5 Å². The van der Waals surface area contributed by atoms with Crippen molar-refractivity contribution in [2.24, 2.45) is 0 Å². The lowest BCUT2D eigenvalue weighted by atomic mass is 9.96. The topological polar surface area (TPSA) is 46.3 Å². The van der Waals surface area contributed by atoms with Gasteiger partial charge in [-0.3, -0.25) is 4.79 Å². The lowest BCUT2D eigenvalue weighted by Gasteiger charge is -2.29. The van der Waals surface area contributed by atoms with Crippen LogP contribution in [0.5, 0.6) is 0 Å². The number of aromatic nitrogens is 1. The number of likely N-dealkylation sites (tertiary alicyclic amines) is 1. The molecule has 1 saturated heterocycles. The third-order valence-corrected chi connectivity index (χ3v) is 5.12. The summed E-state index contributed by atoms with van der Waals surface area (Å²) < 4.78 is 5.88. The molecule has 3 aromatic rings. The molecule has 132 valence electrons. The highest BCUT2D eigenvalue weighted by Gasteiger charge is 2.26. The molecule has 0 aliphatic carbocycles. The van der Waals surface area contributed by atoms with Gasteiger partial charge in [0.05, 0.1) is 0 Å². The van der Waals surface area contributed by atoms with E-state index in [2.05, 4.69) is 4.98 Å². The summed E-state index contributed by atoms with van der Waals surface area (Å²) in [4.78, 5) is 18.9. The van der Waals surface area contributed by atoms with Crippen LogP contribution in [0.3, 0.4) is 0 Å². The lowest BCUT2D eigenvalue weighted by Crippen LogP contribution is -2.36. The number of fused-ring (bicyclic) bond motifs is 1. The maximum Gasteiger partial charge on any atom is 0.246 e. The fourth-order valence-electron chi connectivity index (χ4n) is 3.29.